The quantitative estimate of drug-likeness (QED) is 0.536. The lowest BCUT2D eigenvalue weighted by molar-refractivity contribution is 0.815. The summed E-state index contributed by atoms with van der Waals surface area (Å²) < 4.78 is 4.31. The molecule has 18 heavy (non-hydrogen) atoms. The van der Waals surface area contributed by atoms with Gasteiger partial charge in [-0.1, -0.05) is 18.2 Å². The van der Waals surface area contributed by atoms with Crippen LogP contribution in [0.5, 0.6) is 0 Å². The molecule has 0 aliphatic rings. The molecule has 0 spiro atoms. The van der Waals surface area contributed by atoms with Crippen LogP contribution in [0.25, 0.3) is 15.9 Å². The van der Waals surface area contributed by atoms with Gasteiger partial charge in [0.05, 0.1) is 12.2 Å². The van der Waals surface area contributed by atoms with Crippen molar-refractivity contribution in [2.24, 2.45) is 0 Å². The van der Waals surface area contributed by atoms with Crippen LogP contribution >= 0.6 is 11.3 Å². The lowest BCUT2D eigenvalue weighted by Gasteiger charge is -2.02. The van der Waals surface area contributed by atoms with Gasteiger partial charge in [-0.15, -0.1) is 11.3 Å². The Bertz CT molecular complexity index is 793. The Morgan fingerprint density at radius 2 is 2.06 bits per heavy atom. The van der Waals surface area contributed by atoms with Gasteiger partial charge in [0.2, 0.25) is 0 Å². The van der Waals surface area contributed by atoms with Crippen LogP contribution in [0.15, 0.2) is 54.3 Å². The van der Waals surface area contributed by atoms with E-state index in [1.807, 2.05) is 6.20 Å². The summed E-state index contributed by atoms with van der Waals surface area (Å²) in [6.45, 7) is 0.821. The number of aromatic nitrogens is 3. The maximum Gasteiger partial charge on any atom is 0.193 e. The van der Waals surface area contributed by atoms with E-state index in [0.29, 0.717) is 0 Å². The topological polar surface area (TPSA) is 22.2 Å². The second kappa shape index (κ2) is 3.71. The van der Waals surface area contributed by atoms with Crippen molar-refractivity contribution in [1.82, 2.24) is 14.0 Å². The molecule has 0 unspecified atom stereocenters. The van der Waals surface area contributed by atoms with E-state index in [1.54, 1.807) is 11.3 Å². The van der Waals surface area contributed by atoms with Gasteiger partial charge in [0.1, 0.15) is 0 Å². The summed E-state index contributed by atoms with van der Waals surface area (Å²) >= 11 is 1.67. The third-order valence-electron chi connectivity index (χ3n) is 3.16. The summed E-state index contributed by atoms with van der Waals surface area (Å²) in [7, 11) is 0. The Morgan fingerprint density at radius 1 is 1.11 bits per heavy atom. The fraction of sp³-hybridized carbons (Fsp3) is 0.0714. The fourth-order valence-corrected chi connectivity index (χ4v) is 3.02. The van der Waals surface area contributed by atoms with Gasteiger partial charge in [-0.2, -0.15) is 0 Å². The van der Waals surface area contributed by atoms with Crippen molar-refractivity contribution < 1.29 is 0 Å². The van der Waals surface area contributed by atoms with E-state index >= 15 is 0 Å². The molecule has 0 fully saturated rings. The molecule has 0 radical (unpaired) electrons. The van der Waals surface area contributed by atoms with Crippen LogP contribution in [0.2, 0.25) is 0 Å². The smallest absolute Gasteiger partial charge is 0.193 e. The van der Waals surface area contributed by atoms with Gasteiger partial charge in [-0.05, 0) is 17.5 Å². The summed E-state index contributed by atoms with van der Waals surface area (Å²) in [6.07, 6.45) is 6.27. The van der Waals surface area contributed by atoms with Crippen molar-refractivity contribution in [1.29, 1.82) is 0 Å². The van der Waals surface area contributed by atoms with E-state index in [4.69, 9.17) is 0 Å². The van der Waals surface area contributed by atoms with Gasteiger partial charge >= 0.3 is 0 Å². The number of fused-ring (bicyclic) bond motifs is 2. The van der Waals surface area contributed by atoms with Crippen molar-refractivity contribution in [3.63, 3.8) is 0 Å². The number of para-hydroxylation sites is 1. The number of hydrogen-bond donors (Lipinski definition) is 0. The second-order valence-corrected chi connectivity index (χ2v) is 5.20. The average Bonchev–Trinajstić information content (AvgIpc) is 3.04. The number of benzene rings is 1. The Morgan fingerprint density at radius 3 is 3.00 bits per heavy atom. The lowest BCUT2D eigenvalue weighted by atomic mass is 10.2. The molecule has 0 N–H and O–H groups in total. The summed E-state index contributed by atoms with van der Waals surface area (Å²) in [5.41, 5.74) is 2.36. The Kier molecular flexibility index (Phi) is 2.04. The van der Waals surface area contributed by atoms with Crippen molar-refractivity contribution in [3.8, 4) is 0 Å². The first-order chi connectivity index (χ1) is 8.90. The minimum Gasteiger partial charge on any atom is -0.341 e. The van der Waals surface area contributed by atoms with Crippen LogP contribution in [0.3, 0.4) is 0 Å². The maximum atomic E-state index is 4.62. The molecule has 0 amide bonds. The molecule has 3 nitrogen and oxygen atoms in total. The van der Waals surface area contributed by atoms with Gasteiger partial charge in [0.25, 0.3) is 0 Å². The molecule has 0 bridgehead atoms. The van der Waals surface area contributed by atoms with E-state index in [0.717, 1.165) is 17.2 Å². The molecule has 3 aromatic heterocycles. The van der Waals surface area contributed by atoms with Gasteiger partial charge < -0.3 is 4.57 Å². The third-order valence-corrected chi connectivity index (χ3v) is 3.93. The lowest BCUT2D eigenvalue weighted by Crippen LogP contribution is -1.97. The Balaban J connectivity index is 1.77. The number of thiazole rings is 1. The van der Waals surface area contributed by atoms with Crippen LogP contribution < -0.4 is 0 Å². The second-order valence-electron chi connectivity index (χ2n) is 4.33. The summed E-state index contributed by atoms with van der Waals surface area (Å²) in [5, 5.41) is 3.33. The minimum absolute atomic E-state index is 0.821. The van der Waals surface area contributed by atoms with Crippen LogP contribution in [-0.2, 0) is 6.54 Å². The molecule has 4 aromatic rings. The minimum atomic E-state index is 0.821. The predicted molar refractivity (Wildman–Crippen MR) is 74.1 cm³/mol. The predicted octanol–water partition coefficient (Wildman–Crippen LogP) is 3.40. The van der Waals surface area contributed by atoms with Crippen molar-refractivity contribution in [2.75, 3.05) is 0 Å². The molecular formula is C14H11N3S. The maximum absolute atomic E-state index is 4.62. The molecular weight excluding hydrogens is 242 g/mol. The highest BCUT2D eigenvalue weighted by molar-refractivity contribution is 7.15. The SMILES string of the molecule is c1ccc2c(c1)ccn2Cc1cn2ccsc2n1. The highest BCUT2D eigenvalue weighted by Gasteiger charge is 2.05. The van der Waals surface area contributed by atoms with E-state index in [2.05, 4.69) is 62.1 Å². The van der Waals surface area contributed by atoms with Gasteiger partial charge in [0, 0.05) is 29.5 Å². The number of nitrogens with zero attached hydrogens (tertiary/aromatic N) is 3. The molecule has 3 heterocycles. The number of imidazole rings is 1. The zero-order valence-electron chi connectivity index (χ0n) is 9.65. The number of rotatable bonds is 2. The summed E-state index contributed by atoms with van der Waals surface area (Å²) in [5.74, 6) is 0. The molecule has 0 saturated heterocycles. The van der Waals surface area contributed by atoms with E-state index < -0.39 is 0 Å². The molecule has 4 rings (SSSR count). The van der Waals surface area contributed by atoms with E-state index in [9.17, 15) is 0 Å². The fourth-order valence-electron chi connectivity index (χ4n) is 2.31. The van der Waals surface area contributed by atoms with Gasteiger partial charge in [-0.25, -0.2) is 4.98 Å². The Labute approximate surface area is 108 Å². The zero-order chi connectivity index (χ0) is 11.9. The largest absolute Gasteiger partial charge is 0.341 e. The molecule has 0 aliphatic carbocycles. The van der Waals surface area contributed by atoms with Crippen LogP contribution in [-0.4, -0.2) is 14.0 Å². The number of hydrogen-bond acceptors (Lipinski definition) is 2. The summed E-state index contributed by atoms with van der Waals surface area (Å²) in [4.78, 5) is 5.67. The van der Waals surface area contributed by atoms with Crippen LogP contribution in [0.1, 0.15) is 5.69 Å². The van der Waals surface area contributed by atoms with Crippen molar-refractivity contribution in [3.05, 3.63) is 60.0 Å². The van der Waals surface area contributed by atoms with E-state index in [-0.39, 0.29) is 0 Å². The normalized spacial score (nSPS) is 11.6. The van der Waals surface area contributed by atoms with Gasteiger partial charge in [-0.3, -0.25) is 4.40 Å². The molecule has 88 valence electrons. The first kappa shape index (κ1) is 9.91. The van der Waals surface area contributed by atoms with Crippen LogP contribution in [0, 0.1) is 0 Å². The first-order valence-corrected chi connectivity index (χ1v) is 6.73. The molecule has 0 saturated carbocycles. The average molecular weight is 253 g/mol. The monoisotopic (exact) mass is 253 g/mol. The molecule has 4 heteroatoms. The molecule has 0 aliphatic heterocycles. The molecule has 0 atom stereocenters. The zero-order valence-corrected chi connectivity index (χ0v) is 10.5. The van der Waals surface area contributed by atoms with E-state index in [1.165, 1.54) is 10.9 Å². The highest BCUT2D eigenvalue weighted by Crippen LogP contribution is 2.17. The first-order valence-electron chi connectivity index (χ1n) is 5.85. The Hall–Kier alpha value is -2.07. The molecule has 1 aromatic carbocycles. The van der Waals surface area contributed by atoms with Crippen molar-refractivity contribution in [2.45, 2.75) is 6.54 Å². The third kappa shape index (κ3) is 1.46. The van der Waals surface area contributed by atoms with Crippen molar-refractivity contribution >= 4 is 27.2 Å². The summed E-state index contributed by atoms with van der Waals surface area (Å²) in [6, 6.07) is 10.6. The highest BCUT2D eigenvalue weighted by atomic mass is 32.1. The van der Waals surface area contributed by atoms with Crippen LogP contribution in [0.4, 0.5) is 0 Å². The van der Waals surface area contributed by atoms with Gasteiger partial charge in [0.15, 0.2) is 4.96 Å². The standard InChI is InChI=1S/C14H11N3S/c1-2-4-13-11(3-1)5-6-16(13)9-12-10-17-7-8-18-14(17)15-12/h1-8,10H,9H2.